The lowest BCUT2D eigenvalue weighted by Crippen LogP contribution is -2.01. The number of nitrogens with zero attached hydrogens (tertiary/aromatic N) is 1. The topological polar surface area (TPSA) is 39.9 Å². The number of hydrogen-bond donors (Lipinski definition) is 0. The normalized spacial score (nSPS) is 25.9. The molecule has 42 valence electrons. The van der Waals surface area contributed by atoms with Gasteiger partial charge in [-0.15, -0.1) is 0 Å². The van der Waals surface area contributed by atoms with E-state index < -0.39 is 12.4 Å². The van der Waals surface area contributed by atoms with E-state index >= 15 is 0 Å². The van der Waals surface area contributed by atoms with E-state index in [1.807, 2.05) is 0 Å². The Hall–Kier alpha value is -1.24. The Bertz CT molecular complexity index is 148. The van der Waals surface area contributed by atoms with Gasteiger partial charge in [0.25, 0.3) is 0 Å². The minimum atomic E-state index is -0.744. The predicted molar refractivity (Wildman–Crippen MR) is 22.8 cm³/mol. The lowest BCUT2D eigenvalue weighted by atomic mass is 10.7. The summed E-state index contributed by atoms with van der Waals surface area (Å²) in [7, 11) is 0. The third-order valence-corrected chi connectivity index (χ3v) is 0.720. The van der Waals surface area contributed by atoms with Crippen molar-refractivity contribution in [3.05, 3.63) is 11.4 Å². The summed E-state index contributed by atoms with van der Waals surface area (Å²) < 4.78 is 8.58. The van der Waals surface area contributed by atoms with Crippen molar-refractivity contribution in [2.24, 2.45) is 0 Å². The number of cyclic esters (lactones) is 2. The molecule has 0 aromatic rings. The van der Waals surface area contributed by atoms with Crippen LogP contribution in [0.25, 0.3) is 4.85 Å². The average molecular weight is 113 g/mol. The Kier molecular flexibility index (Phi) is 1.04. The summed E-state index contributed by atoms with van der Waals surface area (Å²) >= 11 is 0. The van der Waals surface area contributed by atoms with E-state index in [9.17, 15) is 4.79 Å². The molecular formula is C4H3NO3. The first-order chi connectivity index (χ1) is 3.83. The van der Waals surface area contributed by atoms with Gasteiger partial charge in [0, 0.05) is 0 Å². The fourth-order valence-electron chi connectivity index (χ4n) is 0.382. The molecule has 1 fully saturated rings. The second-order valence-corrected chi connectivity index (χ2v) is 1.26. The van der Waals surface area contributed by atoms with Gasteiger partial charge in [-0.05, 0) is 0 Å². The molecule has 0 spiro atoms. The minimum Gasteiger partial charge on any atom is -0.421 e. The Morgan fingerprint density at radius 3 is 2.88 bits per heavy atom. The molecule has 1 heterocycles. The van der Waals surface area contributed by atoms with Gasteiger partial charge in [-0.3, -0.25) is 4.85 Å². The molecule has 1 atom stereocenters. The van der Waals surface area contributed by atoms with Crippen LogP contribution < -0.4 is 0 Å². The van der Waals surface area contributed by atoms with Crippen molar-refractivity contribution in [3.8, 4) is 0 Å². The van der Waals surface area contributed by atoms with Crippen LogP contribution in [0.15, 0.2) is 0 Å². The molecule has 0 radical (unpaired) electrons. The van der Waals surface area contributed by atoms with Crippen LogP contribution in [0.3, 0.4) is 0 Å². The summed E-state index contributed by atoms with van der Waals surface area (Å²) in [6, 6.07) is 0. The quantitative estimate of drug-likeness (QED) is 0.337. The van der Waals surface area contributed by atoms with Crippen molar-refractivity contribution in [2.75, 3.05) is 6.61 Å². The molecular weight excluding hydrogens is 110 g/mol. The number of carbonyl (C=O) groups is 1. The molecule has 0 saturated carbocycles. The highest BCUT2D eigenvalue weighted by atomic mass is 16.8. The lowest BCUT2D eigenvalue weighted by Gasteiger charge is -1.83. The van der Waals surface area contributed by atoms with Crippen LogP contribution in [0.4, 0.5) is 4.79 Å². The van der Waals surface area contributed by atoms with Crippen LogP contribution in [0.1, 0.15) is 0 Å². The fourth-order valence-corrected chi connectivity index (χ4v) is 0.382. The van der Waals surface area contributed by atoms with E-state index in [-0.39, 0.29) is 6.61 Å². The molecule has 0 bridgehead atoms. The van der Waals surface area contributed by atoms with Gasteiger partial charge >= 0.3 is 12.4 Å². The molecule has 4 nitrogen and oxygen atoms in total. The van der Waals surface area contributed by atoms with Gasteiger partial charge in [0.2, 0.25) is 6.61 Å². The van der Waals surface area contributed by atoms with Crippen LogP contribution in [-0.4, -0.2) is 19.0 Å². The zero-order chi connectivity index (χ0) is 5.98. The SMILES string of the molecule is [C-]#[N+]C1COC(=O)O1. The number of rotatable bonds is 0. The van der Waals surface area contributed by atoms with Gasteiger partial charge in [-0.2, -0.15) is 0 Å². The number of carbonyl (C=O) groups excluding carboxylic acids is 1. The van der Waals surface area contributed by atoms with Gasteiger partial charge in [0.05, 0.1) is 0 Å². The molecule has 1 rings (SSSR count). The second kappa shape index (κ2) is 1.70. The summed E-state index contributed by atoms with van der Waals surface area (Å²) in [5, 5.41) is 0. The summed E-state index contributed by atoms with van der Waals surface area (Å²) in [5.41, 5.74) is 0. The average Bonchev–Trinajstić information content (AvgIpc) is 2.14. The van der Waals surface area contributed by atoms with E-state index in [1.165, 1.54) is 0 Å². The smallest absolute Gasteiger partial charge is 0.421 e. The highest BCUT2D eigenvalue weighted by Gasteiger charge is 2.28. The first-order valence-electron chi connectivity index (χ1n) is 2.03. The maximum Gasteiger partial charge on any atom is 0.514 e. The number of ether oxygens (including phenoxy) is 2. The monoisotopic (exact) mass is 113 g/mol. The summed E-state index contributed by atoms with van der Waals surface area (Å²) in [6.45, 7) is 6.43. The van der Waals surface area contributed by atoms with Crippen molar-refractivity contribution >= 4 is 6.16 Å². The largest absolute Gasteiger partial charge is 0.514 e. The van der Waals surface area contributed by atoms with Crippen molar-refractivity contribution in [1.29, 1.82) is 0 Å². The zero-order valence-corrected chi connectivity index (χ0v) is 3.96. The van der Waals surface area contributed by atoms with E-state index in [1.54, 1.807) is 0 Å². The third kappa shape index (κ3) is 0.706. The van der Waals surface area contributed by atoms with Crippen LogP contribution >= 0.6 is 0 Å². The molecule has 0 N–H and O–H groups in total. The Morgan fingerprint density at radius 2 is 2.62 bits per heavy atom. The van der Waals surface area contributed by atoms with Crippen molar-refractivity contribution in [2.45, 2.75) is 6.23 Å². The second-order valence-electron chi connectivity index (χ2n) is 1.26. The maximum absolute atomic E-state index is 10.0. The summed E-state index contributed by atoms with van der Waals surface area (Å²) in [6.07, 6.45) is -1.45. The van der Waals surface area contributed by atoms with Crippen LogP contribution in [0, 0.1) is 6.57 Å². The van der Waals surface area contributed by atoms with Gasteiger partial charge in [-0.1, -0.05) is 0 Å². The molecule has 0 aromatic heterocycles. The van der Waals surface area contributed by atoms with Crippen LogP contribution in [-0.2, 0) is 9.47 Å². The van der Waals surface area contributed by atoms with Gasteiger partial charge in [-0.25, -0.2) is 11.4 Å². The van der Waals surface area contributed by atoms with Crippen molar-refractivity contribution in [1.82, 2.24) is 0 Å². The Labute approximate surface area is 45.8 Å². The molecule has 0 amide bonds. The molecule has 1 aliphatic rings. The molecule has 0 aromatic carbocycles. The third-order valence-electron chi connectivity index (χ3n) is 0.720. The van der Waals surface area contributed by atoms with Gasteiger partial charge < -0.3 is 9.47 Å². The van der Waals surface area contributed by atoms with E-state index in [0.29, 0.717) is 0 Å². The van der Waals surface area contributed by atoms with Crippen LogP contribution in [0.5, 0.6) is 0 Å². The molecule has 1 saturated heterocycles. The van der Waals surface area contributed by atoms with E-state index in [2.05, 4.69) is 14.3 Å². The molecule has 4 heteroatoms. The van der Waals surface area contributed by atoms with E-state index in [0.717, 1.165) is 0 Å². The minimum absolute atomic E-state index is 0.0718. The van der Waals surface area contributed by atoms with Gasteiger partial charge in [0.15, 0.2) is 0 Å². The van der Waals surface area contributed by atoms with Gasteiger partial charge in [0.1, 0.15) is 0 Å². The highest BCUT2D eigenvalue weighted by Crippen LogP contribution is 2.05. The Balaban J connectivity index is 2.47. The van der Waals surface area contributed by atoms with Crippen molar-refractivity contribution in [3.63, 3.8) is 0 Å². The fraction of sp³-hybridized carbons (Fsp3) is 0.500. The van der Waals surface area contributed by atoms with Crippen LogP contribution in [0.2, 0.25) is 0 Å². The van der Waals surface area contributed by atoms with E-state index in [4.69, 9.17) is 6.57 Å². The summed E-state index contributed by atoms with van der Waals surface area (Å²) in [4.78, 5) is 12.9. The standard InChI is InChI=1S/C4H3NO3/c1-5-3-2-7-4(6)8-3/h3H,2H2. The van der Waals surface area contributed by atoms with Crippen molar-refractivity contribution < 1.29 is 14.3 Å². The highest BCUT2D eigenvalue weighted by molar-refractivity contribution is 5.62. The molecule has 0 aliphatic carbocycles. The summed E-state index contributed by atoms with van der Waals surface area (Å²) in [5.74, 6) is 0. The first kappa shape index (κ1) is 4.91. The first-order valence-corrected chi connectivity index (χ1v) is 2.03. The molecule has 8 heavy (non-hydrogen) atoms. The zero-order valence-electron chi connectivity index (χ0n) is 3.96. The Morgan fingerprint density at radius 1 is 1.88 bits per heavy atom. The predicted octanol–water partition coefficient (Wildman–Crippen LogP) is 0.399. The lowest BCUT2D eigenvalue weighted by molar-refractivity contribution is 0.125. The molecule has 1 aliphatic heterocycles. The molecule has 1 unspecified atom stereocenters. The maximum atomic E-state index is 10.0. The number of hydrogen-bond acceptors (Lipinski definition) is 3.